The van der Waals surface area contributed by atoms with Gasteiger partial charge in [-0.25, -0.2) is 15.0 Å². The molecule has 0 radical (unpaired) electrons. The van der Waals surface area contributed by atoms with Crippen LogP contribution in [0.5, 0.6) is 0 Å². The highest BCUT2D eigenvalue weighted by atomic mass is 15.1. The van der Waals surface area contributed by atoms with Crippen molar-refractivity contribution in [1.29, 1.82) is 0 Å². The lowest BCUT2D eigenvalue weighted by atomic mass is 10.4. The summed E-state index contributed by atoms with van der Waals surface area (Å²) in [6, 6.07) is 0. The highest BCUT2D eigenvalue weighted by molar-refractivity contribution is 5.61. The Morgan fingerprint density at radius 3 is 2.77 bits per heavy atom. The number of nitrogens with zero attached hydrogens (tertiary/aromatic N) is 4. The van der Waals surface area contributed by atoms with Gasteiger partial charge in [0.05, 0.1) is 6.34 Å². The molecule has 66 valence electrons. The van der Waals surface area contributed by atoms with Crippen LogP contribution in [0.3, 0.4) is 0 Å². The van der Waals surface area contributed by atoms with Crippen molar-refractivity contribution < 1.29 is 0 Å². The third kappa shape index (κ3) is 2.56. The minimum atomic E-state index is 0.459. The van der Waals surface area contributed by atoms with Crippen LogP contribution in [-0.4, -0.2) is 35.3 Å². The number of hydrogen-bond donors (Lipinski definition) is 0. The van der Waals surface area contributed by atoms with Gasteiger partial charge in [0.1, 0.15) is 0 Å². The van der Waals surface area contributed by atoms with Crippen LogP contribution in [0.15, 0.2) is 17.4 Å². The summed E-state index contributed by atoms with van der Waals surface area (Å²) in [6.45, 7) is 0. The van der Waals surface area contributed by atoms with Crippen LogP contribution < -0.4 is 0 Å². The monoisotopic (exact) mass is 174 g/mol. The zero-order chi connectivity index (χ0) is 9.68. The van der Waals surface area contributed by atoms with E-state index in [1.165, 1.54) is 0 Å². The van der Waals surface area contributed by atoms with E-state index in [9.17, 15) is 0 Å². The predicted molar refractivity (Wildman–Crippen MR) is 51.8 cm³/mol. The molecule has 0 aliphatic carbocycles. The number of hydrogen-bond acceptors (Lipinski definition) is 3. The van der Waals surface area contributed by atoms with Crippen molar-refractivity contribution in [3.63, 3.8) is 0 Å². The Morgan fingerprint density at radius 1 is 1.46 bits per heavy atom. The van der Waals surface area contributed by atoms with Crippen molar-refractivity contribution in [3.8, 4) is 12.3 Å². The van der Waals surface area contributed by atoms with Gasteiger partial charge in [0.25, 0.3) is 0 Å². The molecule has 4 nitrogen and oxygen atoms in total. The van der Waals surface area contributed by atoms with Crippen molar-refractivity contribution in [1.82, 2.24) is 14.9 Å². The summed E-state index contributed by atoms with van der Waals surface area (Å²) in [7, 11) is 3.74. The summed E-state index contributed by atoms with van der Waals surface area (Å²) >= 11 is 0. The van der Waals surface area contributed by atoms with E-state index in [4.69, 9.17) is 6.42 Å². The number of rotatable bonds is 2. The van der Waals surface area contributed by atoms with Gasteiger partial charge in [-0.15, -0.1) is 6.42 Å². The van der Waals surface area contributed by atoms with E-state index in [-0.39, 0.29) is 0 Å². The van der Waals surface area contributed by atoms with E-state index in [0.29, 0.717) is 11.5 Å². The molecule has 0 aromatic carbocycles. The highest BCUT2D eigenvalue weighted by Crippen LogP contribution is 2.09. The highest BCUT2D eigenvalue weighted by Gasteiger charge is 1.97. The number of terminal acetylenes is 1. The summed E-state index contributed by atoms with van der Waals surface area (Å²) < 4.78 is 0. The lowest BCUT2D eigenvalue weighted by Crippen LogP contribution is -2.07. The molecule has 1 rings (SSSR count). The van der Waals surface area contributed by atoms with Crippen LogP contribution in [-0.2, 0) is 0 Å². The molecule has 4 heteroatoms. The molecule has 1 aromatic heterocycles. The van der Waals surface area contributed by atoms with Gasteiger partial charge in [0.15, 0.2) is 11.5 Å². The van der Waals surface area contributed by atoms with Gasteiger partial charge in [-0.1, -0.05) is 0 Å². The second-order valence-electron chi connectivity index (χ2n) is 2.58. The van der Waals surface area contributed by atoms with Gasteiger partial charge in [-0.05, 0) is 5.92 Å². The Kier molecular flexibility index (Phi) is 2.98. The Balaban J connectivity index is 2.95. The molecular weight excluding hydrogens is 164 g/mol. The molecule has 0 aliphatic heterocycles. The van der Waals surface area contributed by atoms with Gasteiger partial charge in [0.2, 0.25) is 0 Å². The zero-order valence-electron chi connectivity index (χ0n) is 7.60. The average Bonchev–Trinajstić information content (AvgIpc) is 2.15. The van der Waals surface area contributed by atoms with Crippen molar-refractivity contribution in [2.75, 3.05) is 14.1 Å². The van der Waals surface area contributed by atoms with Gasteiger partial charge >= 0.3 is 0 Å². The van der Waals surface area contributed by atoms with E-state index < -0.39 is 0 Å². The fourth-order valence-corrected chi connectivity index (χ4v) is 0.697. The van der Waals surface area contributed by atoms with Crippen LogP contribution in [0.4, 0.5) is 5.82 Å². The molecule has 0 saturated heterocycles. The van der Waals surface area contributed by atoms with Crippen LogP contribution >= 0.6 is 0 Å². The molecule has 0 amide bonds. The first-order valence-electron chi connectivity index (χ1n) is 3.72. The first kappa shape index (κ1) is 9.20. The Morgan fingerprint density at radius 2 is 2.15 bits per heavy atom. The van der Waals surface area contributed by atoms with Gasteiger partial charge in [0, 0.05) is 26.5 Å². The lowest BCUT2D eigenvalue weighted by Gasteiger charge is -2.01. The zero-order valence-corrected chi connectivity index (χ0v) is 7.60. The van der Waals surface area contributed by atoms with Gasteiger partial charge < -0.3 is 4.90 Å². The summed E-state index contributed by atoms with van der Waals surface area (Å²) in [6.07, 6.45) is 9.95. The molecule has 1 aromatic rings. The summed E-state index contributed by atoms with van der Waals surface area (Å²) in [5.41, 5.74) is 0.459. The molecule has 0 bridgehead atoms. The van der Waals surface area contributed by atoms with E-state index in [1.54, 1.807) is 23.6 Å². The lowest BCUT2D eigenvalue weighted by molar-refractivity contribution is 0.643. The Bertz CT molecular complexity index is 349. The topological polar surface area (TPSA) is 41.4 Å². The van der Waals surface area contributed by atoms with Crippen molar-refractivity contribution in [2.24, 2.45) is 4.99 Å². The van der Waals surface area contributed by atoms with E-state index >= 15 is 0 Å². The third-order valence-electron chi connectivity index (χ3n) is 1.23. The maximum absolute atomic E-state index is 5.22. The molecule has 1 heterocycles. The van der Waals surface area contributed by atoms with Gasteiger partial charge in [-0.2, -0.15) is 0 Å². The average molecular weight is 174 g/mol. The van der Waals surface area contributed by atoms with Crippen LogP contribution in [0.2, 0.25) is 0 Å². The van der Waals surface area contributed by atoms with Crippen LogP contribution in [0.25, 0.3) is 0 Å². The first-order valence-corrected chi connectivity index (χ1v) is 3.72. The van der Waals surface area contributed by atoms with Crippen molar-refractivity contribution in [3.05, 3.63) is 18.1 Å². The first-order chi connectivity index (χ1) is 6.24. The maximum Gasteiger partial charge on any atom is 0.188 e. The summed E-state index contributed by atoms with van der Waals surface area (Å²) in [5.74, 6) is 2.88. The van der Waals surface area contributed by atoms with E-state index in [0.717, 1.165) is 0 Å². The third-order valence-corrected chi connectivity index (χ3v) is 1.23. The molecule has 0 aliphatic rings. The number of aliphatic imine (C=N–C) groups is 1. The molecule has 0 saturated carbocycles. The minimum absolute atomic E-state index is 0.459. The quantitative estimate of drug-likeness (QED) is 0.376. The maximum atomic E-state index is 5.22. The predicted octanol–water partition coefficient (Wildman–Crippen LogP) is 0.679. The summed E-state index contributed by atoms with van der Waals surface area (Å²) in [4.78, 5) is 13.8. The smallest absolute Gasteiger partial charge is 0.188 e. The van der Waals surface area contributed by atoms with Crippen molar-refractivity contribution >= 4 is 12.2 Å². The minimum Gasteiger partial charge on any atom is -0.369 e. The van der Waals surface area contributed by atoms with Crippen LogP contribution in [0.1, 0.15) is 5.69 Å². The Labute approximate surface area is 77.3 Å². The summed E-state index contributed by atoms with van der Waals surface area (Å²) in [5, 5.41) is 0. The molecule has 0 atom stereocenters. The second kappa shape index (κ2) is 4.21. The largest absolute Gasteiger partial charge is 0.369 e. The molecule has 0 N–H and O–H groups in total. The van der Waals surface area contributed by atoms with Gasteiger partial charge in [-0.3, -0.25) is 0 Å². The molecule has 0 spiro atoms. The molecule has 0 unspecified atom stereocenters. The van der Waals surface area contributed by atoms with E-state index in [2.05, 4.69) is 20.9 Å². The number of aromatic nitrogens is 2. The fraction of sp³-hybridized carbons (Fsp3) is 0.222. The molecule has 0 fully saturated rings. The normalized spacial score (nSPS) is 9.92. The second-order valence-corrected chi connectivity index (χ2v) is 2.58. The molecule has 13 heavy (non-hydrogen) atoms. The molecular formula is C9H10N4. The Hall–Kier alpha value is -1.89. The van der Waals surface area contributed by atoms with Crippen LogP contribution in [0, 0.1) is 12.3 Å². The SMILES string of the molecule is C#Cc1nccnc1N=CN(C)C. The fourth-order valence-electron chi connectivity index (χ4n) is 0.697. The van der Waals surface area contributed by atoms with Crippen molar-refractivity contribution in [2.45, 2.75) is 0 Å². The van der Waals surface area contributed by atoms with E-state index in [1.807, 2.05) is 14.1 Å². The standard InChI is InChI=1S/C9H10N4/c1-4-8-9(11-6-5-10-8)12-7-13(2)3/h1,5-7H,2-3H3.